The van der Waals surface area contributed by atoms with Crippen LogP contribution in [0.15, 0.2) is 42.5 Å². The van der Waals surface area contributed by atoms with Crippen molar-refractivity contribution < 1.29 is 4.74 Å². The average molecular weight is 333 g/mol. The van der Waals surface area contributed by atoms with Gasteiger partial charge in [-0.15, -0.1) is 0 Å². The number of hydrogen-bond acceptors (Lipinski definition) is 2. The Labute approximate surface area is 150 Å². The van der Waals surface area contributed by atoms with Crippen molar-refractivity contribution in [2.24, 2.45) is 5.92 Å². The maximum atomic E-state index is 5.51. The van der Waals surface area contributed by atoms with Gasteiger partial charge in [-0.2, -0.15) is 0 Å². The number of fused-ring (bicyclic) bond motifs is 3. The number of benzene rings is 2. The molecule has 2 heteroatoms. The number of hydrogen-bond donors (Lipinski definition) is 0. The molecule has 2 aliphatic carbocycles. The highest BCUT2D eigenvalue weighted by Gasteiger charge is 2.38. The van der Waals surface area contributed by atoms with Crippen molar-refractivity contribution in [3.05, 3.63) is 64.7 Å². The van der Waals surface area contributed by atoms with Crippen molar-refractivity contribution in [2.45, 2.75) is 50.6 Å². The molecule has 2 aromatic rings. The van der Waals surface area contributed by atoms with E-state index in [0.29, 0.717) is 12.1 Å². The molecular formula is C23H27NO. The fraction of sp³-hybridized carbons (Fsp3) is 0.478. The first-order chi connectivity index (χ1) is 12.3. The lowest BCUT2D eigenvalue weighted by molar-refractivity contribution is 0.0573. The average Bonchev–Trinajstić information content (AvgIpc) is 3.04. The maximum Gasteiger partial charge on any atom is 0.119 e. The first-order valence-corrected chi connectivity index (χ1v) is 9.81. The van der Waals surface area contributed by atoms with E-state index in [9.17, 15) is 0 Å². The molecule has 3 atom stereocenters. The van der Waals surface area contributed by atoms with Gasteiger partial charge in [-0.05, 0) is 78.8 Å². The number of ether oxygens (including phenoxy) is 1. The predicted octanol–water partition coefficient (Wildman–Crippen LogP) is 4.56. The topological polar surface area (TPSA) is 12.5 Å². The van der Waals surface area contributed by atoms with Gasteiger partial charge in [-0.25, -0.2) is 0 Å². The molecule has 6 rings (SSSR count). The minimum absolute atomic E-state index is 0.586. The van der Waals surface area contributed by atoms with E-state index in [4.69, 9.17) is 4.74 Å². The second kappa shape index (κ2) is 6.17. The van der Waals surface area contributed by atoms with Gasteiger partial charge in [-0.3, -0.25) is 4.90 Å². The highest BCUT2D eigenvalue weighted by atomic mass is 16.5. The van der Waals surface area contributed by atoms with Crippen LogP contribution in [0.25, 0.3) is 0 Å². The molecule has 2 heterocycles. The highest BCUT2D eigenvalue weighted by molar-refractivity contribution is 5.41. The van der Waals surface area contributed by atoms with Crippen LogP contribution < -0.4 is 4.74 Å². The van der Waals surface area contributed by atoms with Crippen LogP contribution in [0.1, 0.15) is 47.6 Å². The Kier molecular flexibility index (Phi) is 3.82. The lowest BCUT2D eigenvalue weighted by Crippen LogP contribution is -2.47. The summed E-state index contributed by atoms with van der Waals surface area (Å²) >= 11 is 0. The summed E-state index contributed by atoms with van der Waals surface area (Å²) in [7, 11) is 1.78. The van der Waals surface area contributed by atoms with Gasteiger partial charge in [0.25, 0.3) is 0 Å². The molecule has 130 valence electrons. The second-order valence-electron chi connectivity index (χ2n) is 8.09. The normalized spacial score (nSPS) is 28.1. The molecule has 2 aliphatic heterocycles. The fourth-order valence-electron chi connectivity index (χ4n) is 5.45. The summed E-state index contributed by atoms with van der Waals surface area (Å²) in [6.07, 6.45) is 7.72. The lowest BCUT2D eigenvalue weighted by atomic mass is 9.79. The van der Waals surface area contributed by atoms with Crippen molar-refractivity contribution in [3.8, 4) is 5.75 Å². The first-order valence-electron chi connectivity index (χ1n) is 9.81. The molecule has 2 bridgehead atoms. The third kappa shape index (κ3) is 2.67. The Balaban J connectivity index is 1.49. The van der Waals surface area contributed by atoms with Gasteiger partial charge in [0.15, 0.2) is 0 Å². The van der Waals surface area contributed by atoms with Gasteiger partial charge in [0.1, 0.15) is 5.75 Å². The zero-order chi connectivity index (χ0) is 16.8. The molecule has 0 radical (unpaired) electrons. The summed E-state index contributed by atoms with van der Waals surface area (Å²) in [5, 5.41) is 0. The fourth-order valence-corrected chi connectivity index (χ4v) is 5.45. The smallest absolute Gasteiger partial charge is 0.119 e. The monoisotopic (exact) mass is 333 g/mol. The second-order valence-corrected chi connectivity index (χ2v) is 8.09. The van der Waals surface area contributed by atoms with Crippen molar-refractivity contribution in [1.29, 1.82) is 0 Å². The standard InChI is InChI=1S/C23H27NO/c1-25-21-10-7-17-8-11-23(22(17)14-21)24-15-16-6-9-20(24)13-19-5-3-2-4-18(19)12-16/h2-5,7,10,14,16,20,23H,6,8-9,11-13,15H2,1H3/t16-,20+,23?/m1/s1. The van der Waals surface area contributed by atoms with Crippen LogP contribution in [0, 0.1) is 5.92 Å². The van der Waals surface area contributed by atoms with E-state index < -0.39 is 0 Å². The number of aryl methyl sites for hydroxylation is 1. The van der Waals surface area contributed by atoms with E-state index in [1.807, 2.05) is 0 Å². The summed E-state index contributed by atoms with van der Waals surface area (Å²) in [6, 6.07) is 17.1. The Morgan fingerprint density at radius 1 is 0.920 bits per heavy atom. The molecule has 2 aromatic carbocycles. The Bertz CT molecular complexity index is 783. The molecule has 1 unspecified atom stereocenters. The van der Waals surface area contributed by atoms with Gasteiger partial charge in [0, 0.05) is 18.6 Å². The molecule has 0 spiro atoms. The molecule has 25 heavy (non-hydrogen) atoms. The van der Waals surface area contributed by atoms with Gasteiger partial charge >= 0.3 is 0 Å². The molecule has 0 N–H and O–H groups in total. The number of piperidine rings is 1. The third-order valence-corrected chi connectivity index (χ3v) is 6.73. The van der Waals surface area contributed by atoms with Crippen LogP contribution in [0.5, 0.6) is 5.75 Å². The van der Waals surface area contributed by atoms with Crippen molar-refractivity contribution in [1.82, 2.24) is 4.90 Å². The third-order valence-electron chi connectivity index (χ3n) is 6.73. The van der Waals surface area contributed by atoms with Crippen LogP contribution in [-0.4, -0.2) is 24.6 Å². The van der Waals surface area contributed by atoms with Crippen LogP contribution >= 0.6 is 0 Å². The quantitative estimate of drug-likeness (QED) is 0.799. The van der Waals surface area contributed by atoms with E-state index in [2.05, 4.69) is 47.4 Å². The Hall–Kier alpha value is -1.80. The SMILES string of the molecule is COc1ccc2c(c1)C(N1C[C@@H]3CC[C@H]1Cc1ccccc1C3)CC2. The van der Waals surface area contributed by atoms with Crippen LogP contribution in [0.2, 0.25) is 0 Å². The number of rotatable bonds is 2. The van der Waals surface area contributed by atoms with Gasteiger partial charge in [0.05, 0.1) is 7.11 Å². The van der Waals surface area contributed by atoms with Gasteiger partial charge < -0.3 is 4.74 Å². The molecule has 4 aliphatic rings. The Morgan fingerprint density at radius 2 is 1.76 bits per heavy atom. The molecular weight excluding hydrogens is 306 g/mol. The van der Waals surface area contributed by atoms with E-state index in [0.717, 1.165) is 11.7 Å². The van der Waals surface area contributed by atoms with E-state index in [1.165, 1.54) is 56.2 Å². The zero-order valence-corrected chi connectivity index (χ0v) is 15.1. The van der Waals surface area contributed by atoms with Crippen LogP contribution in [-0.2, 0) is 19.3 Å². The molecule has 0 saturated carbocycles. The van der Waals surface area contributed by atoms with Crippen molar-refractivity contribution in [3.63, 3.8) is 0 Å². The highest BCUT2D eigenvalue weighted by Crippen LogP contribution is 2.43. The minimum atomic E-state index is 0.586. The first kappa shape index (κ1) is 15.5. The Morgan fingerprint density at radius 3 is 2.60 bits per heavy atom. The van der Waals surface area contributed by atoms with Crippen molar-refractivity contribution in [2.75, 3.05) is 13.7 Å². The molecule has 1 saturated heterocycles. The number of methoxy groups -OCH3 is 1. The molecule has 2 nitrogen and oxygen atoms in total. The van der Waals surface area contributed by atoms with E-state index >= 15 is 0 Å². The largest absolute Gasteiger partial charge is 0.497 e. The zero-order valence-electron chi connectivity index (χ0n) is 15.1. The maximum absolute atomic E-state index is 5.51. The molecule has 0 aromatic heterocycles. The van der Waals surface area contributed by atoms with Crippen LogP contribution in [0.4, 0.5) is 0 Å². The molecule has 0 amide bonds. The number of nitrogens with zero attached hydrogens (tertiary/aromatic N) is 1. The van der Waals surface area contributed by atoms with E-state index in [1.54, 1.807) is 18.2 Å². The summed E-state index contributed by atoms with van der Waals surface area (Å²) in [4.78, 5) is 2.86. The van der Waals surface area contributed by atoms with Crippen molar-refractivity contribution >= 4 is 0 Å². The lowest BCUT2D eigenvalue weighted by Gasteiger charge is -2.45. The van der Waals surface area contributed by atoms with E-state index in [-0.39, 0.29) is 0 Å². The summed E-state index contributed by atoms with van der Waals surface area (Å²) in [6.45, 7) is 1.26. The van der Waals surface area contributed by atoms with Crippen LogP contribution in [0.3, 0.4) is 0 Å². The molecule has 1 fully saturated rings. The summed E-state index contributed by atoms with van der Waals surface area (Å²) in [5.74, 6) is 1.82. The minimum Gasteiger partial charge on any atom is -0.497 e. The summed E-state index contributed by atoms with van der Waals surface area (Å²) in [5.41, 5.74) is 6.25. The summed E-state index contributed by atoms with van der Waals surface area (Å²) < 4.78 is 5.51. The predicted molar refractivity (Wildman–Crippen MR) is 101 cm³/mol. The van der Waals surface area contributed by atoms with Gasteiger partial charge in [-0.1, -0.05) is 30.3 Å². The van der Waals surface area contributed by atoms with Gasteiger partial charge in [0.2, 0.25) is 0 Å².